The molecule has 0 atom stereocenters. The standard InChI is InChI=1S/C15H18N2O3S3/c1-17(2)23(19,20)14-7-5-12(6-8-14)16-15(18)11-21-10-13-4-3-9-22-13/h3-9H,10-11H2,1-2H3,(H,16,18). The molecule has 0 spiro atoms. The highest BCUT2D eigenvalue weighted by atomic mass is 32.2. The number of carbonyl (C=O) groups excluding carboxylic acids is 1. The van der Waals surface area contributed by atoms with Gasteiger partial charge in [-0.3, -0.25) is 4.79 Å². The Labute approximate surface area is 144 Å². The number of thiophene rings is 1. The highest BCUT2D eigenvalue weighted by Gasteiger charge is 2.16. The molecule has 0 saturated heterocycles. The van der Waals surface area contributed by atoms with Crippen LogP contribution in [0.15, 0.2) is 46.7 Å². The van der Waals surface area contributed by atoms with E-state index in [-0.39, 0.29) is 10.8 Å². The summed E-state index contributed by atoms with van der Waals surface area (Å²) in [5.41, 5.74) is 0.587. The van der Waals surface area contributed by atoms with Gasteiger partial charge in [0.2, 0.25) is 15.9 Å². The number of carbonyl (C=O) groups is 1. The van der Waals surface area contributed by atoms with Crippen molar-refractivity contribution in [1.29, 1.82) is 0 Å². The molecule has 2 rings (SSSR count). The van der Waals surface area contributed by atoms with Gasteiger partial charge in [0.25, 0.3) is 0 Å². The molecule has 1 aromatic heterocycles. The van der Waals surface area contributed by atoms with E-state index in [1.807, 2.05) is 17.5 Å². The van der Waals surface area contributed by atoms with E-state index >= 15 is 0 Å². The molecule has 0 aliphatic carbocycles. The molecule has 1 N–H and O–H groups in total. The fourth-order valence-electron chi connectivity index (χ4n) is 1.76. The molecule has 0 bridgehead atoms. The second-order valence-corrected chi connectivity index (χ2v) is 9.10. The van der Waals surface area contributed by atoms with Crippen molar-refractivity contribution in [3.63, 3.8) is 0 Å². The second kappa shape index (κ2) is 7.96. The number of rotatable bonds is 7. The first-order chi connectivity index (χ1) is 10.9. The quantitative estimate of drug-likeness (QED) is 0.814. The third-order valence-electron chi connectivity index (χ3n) is 2.97. The minimum atomic E-state index is -3.44. The van der Waals surface area contributed by atoms with E-state index in [4.69, 9.17) is 0 Å². The largest absolute Gasteiger partial charge is 0.325 e. The molecular weight excluding hydrogens is 352 g/mol. The molecular formula is C15H18N2O3S3. The SMILES string of the molecule is CN(C)S(=O)(=O)c1ccc(NC(=O)CSCc2cccs2)cc1. The molecule has 0 unspecified atom stereocenters. The van der Waals surface area contributed by atoms with Crippen molar-refractivity contribution >= 4 is 44.7 Å². The maximum absolute atomic E-state index is 12.0. The number of hydrogen-bond donors (Lipinski definition) is 1. The van der Waals surface area contributed by atoms with E-state index in [1.165, 1.54) is 31.1 Å². The number of nitrogens with one attached hydrogen (secondary N) is 1. The molecule has 2 aromatic rings. The lowest BCUT2D eigenvalue weighted by Gasteiger charge is -2.12. The molecule has 0 radical (unpaired) electrons. The molecule has 124 valence electrons. The summed E-state index contributed by atoms with van der Waals surface area (Å²) in [7, 11) is -0.480. The van der Waals surface area contributed by atoms with Crippen molar-refractivity contribution < 1.29 is 13.2 Å². The third kappa shape index (κ3) is 5.07. The predicted octanol–water partition coefficient (Wildman–Crippen LogP) is 2.87. The minimum absolute atomic E-state index is 0.102. The maximum atomic E-state index is 12.0. The lowest BCUT2D eigenvalue weighted by atomic mass is 10.3. The van der Waals surface area contributed by atoms with Crippen molar-refractivity contribution in [2.75, 3.05) is 25.2 Å². The first kappa shape index (κ1) is 18.0. The molecule has 8 heteroatoms. The van der Waals surface area contributed by atoms with Gasteiger partial charge in [0, 0.05) is 30.4 Å². The van der Waals surface area contributed by atoms with Gasteiger partial charge in [-0.1, -0.05) is 6.07 Å². The van der Waals surface area contributed by atoms with Gasteiger partial charge in [0.15, 0.2) is 0 Å². The summed E-state index contributed by atoms with van der Waals surface area (Å²) in [6.45, 7) is 0. The molecule has 23 heavy (non-hydrogen) atoms. The van der Waals surface area contributed by atoms with Gasteiger partial charge in [-0.15, -0.1) is 23.1 Å². The average Bonchev–Trinajstić information content (AvgIpc) is 3.01. The zero-order chi connectivity index (χ0) is 16.9. The van der Waals surface area contributed by atoms with Gasteiger partial charge in [-0.05, 0) is 35.7 Å². The Morgan fingerprint density at radius 2 is 1.91 bits per heavy atom. The van der Waals surface area contributed by atoms with E-state index < -0.39 is 10.0 Å². The maximum Gasteiger partial charge on any atom is 0.242 e. The number of nitrogens with zero attached hydrogens (tertiary/aromatic N) is 1. The van der Waals surface area contributed by atoms with Crippen LogP contribution in [0.3, 0.4) is 0 Å². The second-order valence-electron chi connectivity index (χ2n) is 4.93. The predicted molar refractivity (Wildman–Crippen MR) is 96.4 cm³/mol. The lowest BCUT2D eigenvalue weighted by Crippen LogP contribution is -2.22. The first-order valence-corrected chi connectivity index (χ1v) is 10.3. The monoisotopic (exact) mass is 370 g/mol. The highest BCUT2D eigenvalue weighted by molar-refractivity contribution is 7.99. The Morgan fingerprint density at radius 1 is 1.22 bits per heavy atom. The number of thioether (sulfide) groups is 1. The number of sulfonamides is 1. The fourth-order valence-corrected chi connectivity index (χ4v) is 4.33. The summed E-state index contributed by atoms with van der Waals surface area (Å²) in [6, 6.07) is 10.2. The molecule has 0 fully saturated rings. The Morgan fingerprint density at radius 3 is 2.48 bits per heavy atom. The van der Waals surface area contributed by atoms with Gasteiger partial charge >= 0.3 is 0 Å². The summed E-state index contributed by atoms with van der Waals surface area (Å²) in [4.78, 5) is 13.3. The summed E-state index contributed by atoms with van der Waals surface area (Å²) in [5.74, 6) is 1.07. The van der Waals surface area contributed by atoms with E-state index in [0.717, 1.165) is 10.1 Å². The number of anilines is 1. The molecule has 1 heterocycles. The molecule has 0 saturated carbocycles. The van der Waals surface area contributed by atoms with Gasteiger partial charge in [-0.25, -0.2) is 12.7 Å². The molecule has 5 nitrogen and oxygen atoms in total. The van der Waals surface area contributed by atoms with Crippen molar-refractivity contribution in [2.45, 2.75) is 10.6 Å². The van der Waals surface area contributed by atoms with Crippen molar-refractivity contribution in [3.05, 3.63) is 46.7 Å². The number of hydrogen-bond acceptors (Lipinski definition) is 5. The Bertz CT molecular complexity index is 739. The van der Waals surface area contributed by atoms with Crippen LogP contribution >= 0.6 is 23.1 Å². The van der Waals surface area contributed by atoms with Crippen LogP contribution in [0.5, 0.6) is 0 Å². The van der Waals surface area contributed by atoms with Gasteiger partial charge < -0.3 is 5.32 Å². The molecule has 1 amide bonds. The van der Waals surface area contributed by atoms with Crippen molar-refractivity contribution in [3.8, 4) is 0 Å². The smallest absolute Gasteiger partial charge is 0.242 e. The van der Waals surface area contributed by atoms with Crippen LogP contribution in [0.1, 0.15) is 4.88 Å². The van der Waals surface area contributed by atoms with Crippen LogP contribution in [0.25, 0.3) is 0 Å². The molecule has 0 aliphatic heterocycles. The average molecular weight is 371 g/mol. The minimum Gasteiger partial charge on any atom is -0.325 e. The summed E-state index contributed by atoms with van der Waals surface area (Å²) >= 11 is 3.22. The summed E-state index contributed by atoms with van der Waals surface area (Å²) in [5, 5.41) is 4.78. The van der Waals surface area contributed by atoms with Gasteiger partial charge in [0.1, 0.15) is 0 Å². The van der Waals surface area contributed by atoms with Crippen molar-refractivity contribution in [2.24, 2.45) is 0 Å². The summed E-state index contributed by atoms with van der Waals surface area (Å²) < 4.78 is 25.1. The van der Waals surface area contributed by atoms with E-state index in [2.05, 4.69) is 5.32 Å². The lowest BCUT2D eigenvalue weighted by molar-refractivity contribution is -0.113. The van der Waals surface area contributed by atoms with E-state index in [9.17, 15) is 13.2 Å². The van der Waals surface area contributed by atoms with Crippen molar-refractivity contribution in [1.82, 2.24) is 4.31 Å². The number of benzene rings is 1. The first-order valence-electron chi connectivity index (χ1n) is 6.82. The highest BCUT2D eigenvalue weighted by Crippen LogP contribution is 2.19. The van der Waals surface area contributed by atoms with Crippen LogP contribution in [-0.2, 0) is 20.6 Å². The van der Waals surface area contributed by atoms with Crippen LogP contribution in [0.4, 0.5) is 5.69 Å². The molecule has 0 aliphatic rings. The Kier molecular flexibility index (Phi) is 6.23. The Balaban J connectivity index is 1.87. The van der Waals surface area contributed by atoms with Crippen LogP contribution in [0.2, 0.25) is 0 Å². The third-order valence-corrected chi connectivity index (χ3v) is 6.84. The van der Waals surface area contributed by atoms with E-state index in [0.29, 0.717) is 11.4 Å². The van der Waals surface area contributed by atoms with E-state index in [1.54, 1.807) is 35.2 Å². The molecule has 1 aromatic carbocycles. The zero-order valence-electron chi connectivity index (χ0n) is 12.9. The topological polar surface area (TPSA) is 66.5 Å². The van der Waals surface area contributed by atoms with Gasteiger partial charge in [0.05, 0.1) is 10.6 Å². The van der Waals surface area contributed by atoms with Crippen LogP contribution in [0, 0.1) is 0 Å². The summed E-state index contributed by atoms with van der Waals surface area (Å²) in [6.07, 6.45) is 0. The van der Waals surface area contributed by atoms with Gasteiger partial charge in [-0.2, -0.15) is 0 Å². The van der Waals surface area contributed by atoms with Crippen LogP contribution in [-0.4, -0.2) is 38.5 Å². The fraction of sp³-hybridized carbons (Fsp3) is 0.267. The normalized spacial score (nSPS) is 11.6. The number of amides is 1. The zero-order valence-corrected chi connectivity index (χ0v) is 15.3. The van der Waals surface area contributed by atoms with Crippen LogP contribution < -0.4 is 5.32 Å². The Hall–Kier alpha value is -1.35.